The van der Waals surface area contributed by atoms with Crippen LogP contribution in [0.4, 0.5) is 0 Å². The van der Waals surface area contributed by atoms with Gasteiger partial charge in [0.1, 0.15) is 5.54 Å². The molecule has 24 heavy (non-hydrogen) atoms. The van der Waals surface area contributed by atoms with Crippen molar-refractivity contribution in [1.82, 2.24) is 10.6 Å². The molecule has 3 N–H and O–H groups in total. The van der Waals surface area contributed by atoms with Gasteiger partial charge in [-0.3, -0.25) is 4.79 Å². The van der Waals surface area contributed by atoms with E-state index < -0.39 is 11.5 Å². The summed E-state index contributed by atoms with van der Waals surface area (Å²) in [6, 6.07) is 17.1. The van der Waals surface area contributed by atoms with Gasteiger partial charge in [0.2, 0.25) is 0 Å². The maximum atomic E-state index is 12.5. The third-order valence-electron chi connectivity index (χ3n) is 4.47. The van der Waals surface area contributed by atoms with Crippen LogP contribution in [0, 0.1) is 0 Å². The van der Waals surface area contributed by atoms with Crippen molar-refractivity contribution in [2.45, 2.75) is 18.4 Å². The van der Waals surface area contributed by atoms with E-state index >= 15 is 0 Å². The van der Waals surface area contributed by atoms with Crippen LogP contribution in [0.3, 0.4) is 0 Å². The molecule has 5 nitrogen and oxygen atoms in total. The molecule has 0 spiro atoms. The number of carbonyl (C=O) groups excluding carboxylic acids is 1. The zero-order valence-corrected chi connectivity index (χ0v) is 13.3. The molecule has 1 heterocycles. The molecule has 1 aliphatic heterocycles. The molecule has 0 aromatic heterocycles. The highest BCUT2D eigenvalue weighted by molar-refractivity contribution is 5.98. The number of carbonyl (C=O) groups is 2. The van der Waals surface area contributed by atoms with Crippen molar-refractivity contribution in [1.29, 1.82) is 0 Å². The summed E-state index contributed by atoms with van der Waals surface area (Å²) in [5, 5.41) is 15.4. The Morgan fingerprint density at radius 1 is 0.917 bits per heavy atom. The number of piperidine rings is 1. The molecular formula is C19H20N2O3. The van der Waals surface area contributed by atoms with Gasteiger partial charge in [0, 0.05) is 5.56 Å². The number of rotatable bonds is 4. The van der Waals surface area contributed by atoms with Crippen LogP contribution in [0.25, 0.3) is 11.1 Å². The smallest absolute Gasteiger partial charge is 0.329 e. The van der Waals surface area contributed by atoms with Gasteiger partial charge in [0.05, 0.1) is 0 Å². The number of hydrogen-bond donors (Lipinski definition) is 3. The Bertz CT molecular complexity index is 720. The second-order valence-electron chi connectivity index (χ2n) is 6.03. The van der Waals surface area contributed by atoms with Crippen LogP contribution in [0.1, 0.15) is 23.2 Å². The Morgan fingerprint density at radius 2 is 1.50 bits per heavy atom. The highest BCUT2D eigenvalue weighted by Gasteiger charge is 2.41. The first-order chi connectivity index (χ1) is 11.6. The Hall–Kier alpha value is -2.66. The quantitative estimate of drug-likeness (QED) is 0.806. The van der Waals surface area contributed by atoms with Crippen molar-refractivity contribution >= 4 is 11.9 Å². The predicted molar refractivity (Wildman–Crippen MR) is 91.8 cm³/mol. The van der Waals surface area contributed by atoms with Crippen LogP contribution >= 0.6 is 0 Å². The van der Waals surface area contributed by atoms with E-state index in [1.807, 2.05) is 42.5 Å². The summed E-state index contributed by atoms with van der Waals surface area (Å²) in [6.45, 7) is 1.17. The van der Waals surface area contributed by atoms with Crippen molar-refractivity contribution in [2.75, 3.05) is 13.1 Å². The molecule has 1 aliphatic rings. The average molecular weight is 324 g/mol. The maximum absolute atomic E-state index is 12.5. The van der Waals surface area contributed by atoms with E-state index in [1.165, 1.54) is 0 Å². The third-order valence-corrected chi connectivity index (χ3v) is 4.47. The summed E-state index contributed by atoms with van der Waals surface area (Å²) in [5.74, 6) is -1.32. The van der Waals surface area contributed by atoms with Crippen LogP contribution in [-0.2, 0) is 4.79 Å². The van der Waals surface area contributed by atoms with Crippen molar-refractivity contribution < 1.29 is 14.7 Å². The Kier molecular flexibility index (Phi) is 4.62. The number of benzene rings is 2. The molecule has 2 aromatic carbocycles. The van der Waals surface area contributed by atoms with Gasteiger partial charge < -0.3 is 15.7 Å². The van der Waals surface area contributed by atoms with Crippen molar-refractivity contribution in [2.24, 2.45) is 0 Å². The van der Waals surface area contributed by atoms with Gasteiger partial charge in [0.25, 0.3) is 5.91 Å². The van der Waals surface area contributed by atoms with E-state index in [1.54, 1.807) is 12.1 Å². The SMILES string of the molecule is O=C(NC1(C(=O)O)CCNCC1)c1ccc(-c2ccccc2)cc1. The zero-order chi connectivity index (χ0) is 17.0. The molecule has 0 atom stereocenters. The number of carboxylic acids is 1. The number of hydrogen-bond acceptors (Lipinski definition) is 3. The molecular weight excluding hydrogens is 304 g/mol. The van der Waals surface area contributed by atoms with Crippen molar-refractivity contribution in [3.05, 3.63) is 60.2 Å². The molecule has 0 radical (unpaired) electrons. The van der Waals surface area contributed by atoms with Gasteiger partial charge >= 0.3 is 5.97 Å². The minimum Gasteiger partial charge on any atom is -0.480 e. The van der Waals surface area contributed by atoms with Crippen LogP contribution in [-0.4, -0.2) is 35.6 Å². The van der Waals surface area contributed by atoms with Crippen LogP contribution < -0.4 is 10.6 Å². The molecule has 5 heteroatoms. The number of carboxylic acid groups (broad SMARTS) is 1. The lowest BCUT2D eigenvalue weighted by Gasteiger charge is -2.34. The molecule has 2 aromatic rings. The predicted octanol–water partition coefficient (Wildman–Crippen LogP) is 2.29. The molecule has 1 fully saturated rings. The van der Waals surface area contributed by atoms with Crippen molar-refractivity contribution in [3.8, 4) is 11.1 Å². The molecule has 0 unspecified atom stereocenters. The van der Waals surface area contributed by atoms with Gasteiger partial charge in [-0.05, 0) is 49.2 Å². The average Bonchev–Trinajstić information content (AvgIpc) is 2.63. The summed E-state index contributed by atoms with van der Waals surface area (Å²) >= 11 is 0. The van der Waals surface area contributed by atoms with E-state index in [4.69, 9.17) is 0 Å². The summed E-state index contributed by atoms with van der Waals surface area (Å²) in [4.78, 5) is 24.1. The van der Waals surface area contributed by atoms with E-state index in [2.05, 4.69) is 10.6 Å². The van der Waals surface area contributed by atoms with Crippen LogP contribution in [0.2, 0.25) is 0 Å². The first-order valence-electron chi connectivity index (χ1n) is 8.03. The van der Waals surface area contributed by atoms with Gasteiger partial charge in [-0.1, -0.05) is 42.5 Å². The molecule has 3 rings (SSSR count). The Labute approximate surface area is 140 Å². The highest BCUT2D eigenvalue weighted by atomic mass is 16.4. The summed E-state index contributed by atoms with van der Waals surface area (Å²) in [5.41, 5.74) is 1.38. The molecule has 1 saturated heterocycles. The van der Waals surface area contributed by atoms with Crippen LogP contribution in [0.5, 0.6) is 0 Å². The van der Waals surface area contributed by atoms with E-state index in [0.29, 0.717) is 31.5 Å². The minimum atomic E-state index is -1.18. The lowest BCUT2D eigenvalue weighted by molar-refractivity contribution is -0.145. The fourth-order valence-corrected chi connectivity index (χ4v) is 2.98. The highest BCUT2D eigenvalue weighted by Crippen LogP contribution is 2.22. The second kappa shape index (κ2) is 6.84. The summed E-state index contributed by atoms with van der Waals surface area (Å²) in [7, 11) is 0. The molecule has 0 saturated carbocycles. The van der Waals surface area contributed by atoms with Crippen LogP contribution in [0.15, 0.2) is 54.6 Å². The normalized spacial score (nSPS) is 16.3. The monoisotopic (exact) mass is 324 g/mol. The molecule has 0 bridgehead atoms. The van der Waals surface area contributed by atoms with Gasteiger partial charge in [-0.25, -0.2) is 4.79 Å². The van der Waals surface area contributed by atoms with E-state index in [0.717, 1.165) is 11.1 Å². The summed E-state index contributed by atoms with van der Waals surface area (Å²) < 4.78 is 0. The number of nitrogens with one attached hydrogen (secondary N) is 2. The number of aliphatic carboxylic acids is 1. The Morgan fingerprint density at radius 3 is 2.08 bits per heavy atom. The third kappa shape index (κ3) is 3.31. The van der Waals surface area contributed by atoms with Gasteiger partial charge in [0.15, 0.2) is 0 Å². The minimum absolute atomic E-state index is 0.348. The molecule has 0 aliphatic carbocycles. The lowest BCUT2D eigenvalue weighted by Crippen LogP contribution is -2.59. The maximum Gasteiger partial charge on any atom is 0.329 e. The first-order valence-corrected chi connectivity index (χ1v) is 8.03. The largest absolute Gasteiger partial charge is 0.480 e. The standard InChI is InChI=1S/C19H20N2O3/c22-17(21-19(18(23)24)10-12-20-13-11-19)16-8-6-15(7-9-16)14-4-2-1-3-5-14/h1-9,20H,10-13H2,(H,21,22)(H,23,24). The lowest BCUT2D eigenvalue weighted by atomic mass is 9.88. The van der Waals surface area contributed by atoms with Crippen molar-refractivity contribution in [3.63, 3.8) is 0 Å². The molecule has 124 valence electrons. The molecule has 1 amide bonds. The van der Waals surface area contributed by atoms with Gasteiger partial charge in [-0.2, -0.15) is 0 Å². The fourth-order valence-electron chi connectivity index (χ4n) is 2.98. The number of amides is 1. The van der Waals surface area contributed by atoms with E-state index in [-0.39, 0.29) is 5.91 Å². The van der Waals surface area contributed by atoms with Gasteiger partial charge in [-0.15, -0.1) is 0 Å². The first kappa shape index (κ1) is 16.2. The topological polar surface area (TPSA) is 78.4 Å². The summed E-state index contributed by atoms with van der Waals surface area (Å²) in [6.07, 6.45) is 0.770. The Balaban J connectivity index is 1.76. The zero-order valence-electron chi connectivity index (χ0n) is 13.3. The fraction of sp³-hybridized carbons (Fsp3) is 0.263. The van der Waals surface area contributed by atoms with E-state index in [9.17, 15) is 14.7 Å². The second-order valence-corrected chi connectivity index (χ2v) is 6.03.